The topological polar surface area (TPSA) is 63.1 Å². The fourth-order valence-electron chi connectivity index (χ4n) is 1.33. The van der Waals surface area contributed by atoms with Gasteiger partial charge in [-0.1, -0.05) is 6.92 Å². The molecular weight excluding hydrogens is 206 g/mol. The van der Waals surface area contributed by atoms with Crippen molar-refractivity contribution in [3.63, 3.8) is 0 Å². The largest absolute Gasteiger partial charge is 0.325 e. The highest BCUT2D eigenvalue weighted by atomic mass is 16.2. The predicted molar refractivity (Wildman–Crippen MR) is 63.4 cm³/mol. The molecule has 1 amide bonds. The number of pyridine rings is 1. The van der Waals surface area contributed by atoms with Gasteiger partial charge in [-0.05, 0) is 13.1 Å². The summed E-state index contributed by atoms with van der Waals surface area (Å²) in [5.74, 6) is -0.171. The third-order valence-corrected chi connectivity index (χ3v) is 2.31. The lowest BCUT2D eigenvalue weighted by atomic mass is 10.1. The molecule has 16 heavy (non-hydrogen) atoms. The molecule has 5 heteroatoms. The summed E-state index contributed by atoms with van der Waals surface area (Å²) in [4.78, 5) is 22.8. The Morgan fingerprint density at radius 3 is 2.75 bits per heavy atom. The van der Waals surface area contributed by atoms with Crippen molar-refractivity contribution in [2.24, 2.45) is 13.0 Å². The maximum atomic E-state index is 11.7. The SMILES string of the molecule is CNCC(C)C(=O)Nc1ccc(=O)n(C)c1. The zero-order valence-corrected chi connectivity index (χ0v) is 9.78. The van der Waals surface area contributed by atoms with E-state index < -0.39 is 0 Å². The number of anilines is 1. The molecular formula is C11H17N3O2. The molecule has 0 aliphatic rings. The molecule has 0 aromatic carbocycles. The Balaban J connectivity index is 2.70. The molecule has 1 atom stereocenters. The zero-order chi connectivity index (χ0) is 12.1. The van der Waals surface area contributed by atoms with Gasteiger partial charge in [0.1, 0.15) is 0 Å². The second-order valence-electron chi connectivity index (χ2n) is 3.81. The average Bonchev–Trinajstić information content (AvgIpc) is 2.24. The maximum absolute atomic E-state index is 11.7. The van der Waals surface area contributed by atoms with E-state index in [1.165, 1.54) is 10.6 Å². The molecule has 1 rings (SSSR count). The number of aryl methyl sites for hydroxylation is 1. The first kappa shape index (κ1) is 12.4. The van der Waals surface area contributed by atoms with Gasteiger partial charge in [0.05, 0.1) is 5.69 Å². The number of hydrogen-bond acceptors (Lipinski definition) is 3. The van der Waals surface area contributed by atoms with Crippen LogP contribution in [0.2, 0.25) is 0 Å². The average molecular weight is 223 g/mol. The monoisotopic (exact) mass is 223 g/mol. The smallest absolute Gasteiger partial charge is 0.250 e. The highest BCUT2D eigenvalue weighted by Crippen LogP contribution is 2.05. The first-order chi connectivity index (χ1) is 7.54. The minimum Gasteiger partial charge on any atom is -0.325 e. The van der Waals surface area contributed by atoms with Gasteiger partial charge in [0, 0.05) is 31.8 Å². The highest BCUT2D eigenvalue weighted by Gasteiger charge is 2.11. The molecule has 1 aromatic heterocycles. The van der Waals surface area contributed by atoms with Gasteiger partial charge in [-0.15, -0.1) is 0 Å². The van der Waals surface area contributed by atoms with E-state index in [1.807, 2.05) is 6.92 Å². The Labute approximate surface area is 94.5 Å². The molecule has 88 valence electrons. The quantitative estimate of drug-likeness (QED) is 0.765. The summed E-state index contributed by atoms with van der Waals surface area (Å²) in [7, 11) is 3.45. The molecule has 0 saturated carbocycles. The van der Waals surface area contributed by atoms with Crippen molar-refractivity contribution in [3.8, 4) is 0 Å². The number of aromatic nitrogens is 1. The van der Waals surface area contributed by atoms with Crippen LogP contribution in [0.1, 0.15) is 6.92 Å². The minimum absolute atomic E-state index is 0.0620. The van der Waals surface area contributed by atoms with Crippen LogP contribution < -0.4 is 16.2 Å². The predicted octanol–water partition coefficient (Wildman–Crippen LogP) is 0.179. The highest BCUT2D eigenvalue weighted by molar-refractivity contribution is 5.92. The third kappa shape index (κ3) is 3.20. The Morgan fingerprint density at radius 1 is 1.50 bits per heavy atom. The zero-order valence-electron chi connectivity index (χ0n) is 9.78. The van der Waals surface area contributed by atoms with E-state index in [0.29, 0.717) is 12.2 Å². The second-order valence-corrected chi connectivity index (χ2v) is 3.81. The number of amides is 1. The standard InChI is InChI=1S/C11H17N3O2/c1-8(6-12-2)11(16)13-9-4-5-10(15)14(3)7-9/h4-5,7-8,12H,6H2,1-3H3,(H,13,16). The molecule has 1 heterocycles. The van der Waals surface area contributed by atoms with Gasteiger partial charge in [0.2, 0.25) is 11.5 Å². The van der Waals surface area contributed by atoms with Crippen LogP contribution in [0, 0.1) is 5.92 Å². The van der Waals surface area contributed by atoms with E-state index >= 15 is 0 Å². The molecule has 2 N–H and O–H groups in total. The van der Waals surface area contributed by atoms with E-state index in [0.717, 1.165) is 0 Å². The molecule has 0 fully saturated rings. The summed E-state index contributed by atoms with van der Waals surface area (Å²) in [6.07, 6.45) is 1.60. The molecule has 0 spiro atoms. The summed E-state index contributed by atoms with van der Waals surface area (Å²) >= 11 is 0. The van der Waals surface area contributed by atoms with Gasteiger partial charge in [-0.3, -0.25) is 9.59 Å². The molecule has 0 aliphatic carbocycles. The summed E-state index contributed by atoms with van der Waals surface area (Å²) in [6, 6.07) is 3.03. The molecule has 0 aliphatic heterocycles. The molecule has 0 saturated heterocycles. The van der Waals surface area contributed by atoms with Crippen molar-refractivity contribution in [1.29, 1.82) is 0 Å². The molecule has 0 radical (unpaired) electrons. The van der Waals surface area contributed by atoms with E-state index in [-0.39, 0.29) is 17.4 Å². The van der Waals surface area contributed by atoms with Gasteiger partial charge < -0.3 is 15.2 Å². The number of nitrogens with one attached hydrogen (secondary N) is 2. The minimum atomic E-state index is -0.109. The summed E-state index contributed by atoms with van der Waals surface area (Å²) < 4.78 is 1.43. The van der Waals surface area contributed by atoms with Gasteiger partial charge in [-0.2, -0.15) is 0 Å². The van der Waals surface area contributed by atoms with Crippen LogP contribution in [0.25, 0.3) is 0 Å². The summed E-state index contributed by atoms with van der Waals surface area (Å²) in [6.45, 7) is 2.46. The number of rotatable bonds is 4. The first-order valence-corrected chi connectivity index (χ1v) is 5.16. The lowest BCUT2D eigenvalue weighted by Crippen LogP contribution is -2.29. The van der Waals surface area contributed by atoms with Crippen molar-refractivity contribution in [3.05, 3.63) is 28.7 Å². The van der Waals surface area contributed by atoms with Crippen molar-refractivity contribution in [2.45, 2.75) is 6.92 Å². The fourth-order valence-corrected chi connectivity index (χ4v) is 1.33. The van der Waals surface area contributed by atoms with Crippen molar-refractivity contribution >= 4 is 11.6 Å². The van der Waals surface area contributed by atoms with Crippen molar-refractivity contribution < 1.29 is 4.79 Å². The lowest BCUT2D eigenvalue weighted by molar-refractivity contribution is -0.119. The van der Waals surface area contributed by atoms with Gasteiger partial charge >= 0.3 is 0 Å². The Hall–Kier alpha value is -1.62. The molecule has 1 unspecified atom stereocenters. The van der Waals surface area contributed by atoms with Crippen LogP contribution in [0.3, 0.4) is 0 Å². The van der Waals surface area contributed by atoms with Crippen LogP contribution >= 0.6 is 0 Å². The van der Waals surface area contributed by atoms with Crippen LogP contribution in [0.15, 0.2) is 23.1 Å². The van der Waals surface area contributed by atoms with Crippen LogP contribution in [0.4, 0.5) is 5.69 Å². The molecule has 0 bridgehead atoms. The fraction of sp³-hybridized carbons (Fsp3) is 0.455. The van der Waals surface area contributed by atoms with E-state index in [2.05, 4.69) is 10.6 Å². The molecule has 1 aromatic rings. The number of hydrogen-bond donors (Lipinski definition) is 2. The lowest BCUT2D eigenvalue weighted by Gasteiger charge is -2.11. The third-order valence-electron chi connectivity index (χ3n) is 2.31. The van der Waals surface area contributed by atoms with Gasteiger partial charge in [-0.25, -0.2) is 0 Å². The number of carbonyl (C=O) groups is 1. The Morgan fingerprint density at radius 2 is 2.19 bits per heavy atom. The summed E-state index contributed by atoms with van der Waals surface area (Å²) in [5, 5.41) is 5.69. The van der Waals surface area contributed by atoms with Crippen LogP contribution in [0.5, 0.6) is 0 Å². The molecule has 5 nitrogen and oxygen atoms in total. The number of nitrogens with zero attached hydrogens (tertiary/aromatic N) is 1. The summed E-state index contributed by atoms with van der Waals surface area (Å²) in [5.41, 5.74) is 0.538. The second kappa shape index (κ2) is 5.46. The van der Waals surface area contributed by atoms with Gasteiger partial charge in [0.15, 0.2) is 0 Å². The normalized spacial score (nSPS) is 12.2. The van der Waals surface area contributed by atoms with Crippen molar-refractivity contribution in [2.75, 3.05) is 18.9 Å². The van der Waals surface area contributed by atoms with Crippen LogP contribution in [-0.4, -0.2) is 24.1 Å². The van der Waals surface area contributed by atoms with E-state index in [9.17, 15) is 9.59 Å². The number of carbonyl (C=O) groups excluding carboxylic acids is 1. The van der Waals surface area contributed by atoms with Gasteiger partial charge in [0.25, 0.3) is 0 Å². The van der Waals surface area contributed by atoms with Crippen molar-refractivity contribution in [1.82, 2.24) is 9.88 Å². The van der Waals surface area contributed by atoms with E-state index in [4.69, 9.17) is 0 Å². The van der Waals surface area contributed by atoms with E-state index in [1.54, 1.807) is 26.4 Å². The maximum Gasteiger partial charge on any atom is 0.250 e. The van der Waals surface area contributed by atoms with Crippen LogP contribution in [-0.2, 0) is 11.8 Å². The Bertz CT molecular complexity index is 425. The first-order valence-electron chi connectivity index (χ1n) is 5.16. The Kier molecular flexibility index (Phi) is 4.25.